The molecule has 0 fully saturated rings. The quantitative estimate of drug-likeness (QED) is 0.527. The molecule has 0 aliphatic rings. The minimum Gasteiger partial charge on any atom is -0.446 e. The smallest absolute Gasteiger partial charge is 0.233 e. The van der Waals surface area contributed by atoms with Crippen LogP contribution in [-0.2, 0) is 6.54 Å². The van der Waals surface area contributed by atoms with E-state index in [1.807, 2.05) is 36.4 Å². The molecule has 0 saturated heterocycles. The van der Waals surface area contributed by atoms with Crippen LogP contribution in [0.2, 0.25) is 0 Å². The SMILES string of the molecule is Nc1nc(N)c2c(CNc3ccccc3-c3ccccc3)coc2n1. The zero-order chi connectivity index (χ0) is 17.2. The predicted molar refractivity (Wildman–Crippen MR) is 99.8 cm³/mol. The molecule has 6 heteroatoms. The van der Waals surface area contributed by atoms with Crippen LogP contribution in [0.4, 0.5) is 17.5 Å². The first-order chi connectivity index (χ1) is 12.2. The lowest BCUT2D eigenvalue weighted by molar-refractivity contribution is 0.599. The van der Waals surface area contributed by atoms with E-state index in [-0.39, 0.29) is 5.95 Å². The summed E-state index contributed by atoms with van der Waals surface area (Å²) in [7, 11) is 0. The van der Waals surface area contributed by atoms with Crippen molar-refractivity contribution in [1.82, 2.24) is 9.97 Å². The van der Waals surface area contributed by atoms with Gasteiger partial charge in [-0.05, 0) is 11.6 Å². The average molecular weight is 331 g/mol. The minimum atomic E-state index is 0.105. The van der Waals surface area contributed by atoms with Crippen molar-refractivity contribution >= 4 is 28.6 Å². The first-order valence-corrected chi connectivity index (χ1v) is 7.90. The Bertz CT molecular complexity index is 1030. The largest absolute Gasteiger partial charge is 0.446 e. The highest BCUT2D eigenvalue weighted by atomic mass is 16.3. The molecule has 0 unspecified atom stereocenters. The molecule has 2 aromatic carbocycles. The summed E-state index contributed by atoms with van der Waals surface area (Å²) in [6.07, 6.45) is 1.63. The fraction of sp³-hybridized carbons (Fsp3) is 0.0526. The zero-order valence-corrected chi connectivity index (χ0v) is 13.4. The van der Waals surface area contributed by atoms with E-state index < -0.39 is 0 Å². The number of nitrogens with two attached hydrogens (primary N) is 2. The van der Waals surface area contributed by atoms with E-state index in [0.29, 0.717) is 23.5 Å². The molecule has 4 rings (SSSR count). The number of anilines is 3. The van der Waals surface area contributed by atoms with Crippen LogP contribution >= 0.6 is 0 Å². The molecule has 4 aromatic rings. The second-order valence-electron chi connectivity index (χ2n) is 5.67. The molecule has 0 aliphatic heterocycles. The van der Waals surface area contributed by atoms with E-state index >= 15 is 0 Å². The van der Waals surface area contributed by atoms with Gasteiger partial charge in [0.2, 0.25) is 11.7 Å². The van der Waals surface area contributed by atoms with Gasteiger partial charge in [-0.2, -0.15) is 9.97 Å². The maximum atomic E-state index is 5.97. The summed E-state index contributed by atoms with van der Waals surface area (Å²) in [5.74, 6) is 0.428. The maximum Gasteiger partial charge on any atom is 0.233 e. The first-order valence-electron chi connectivity index (χ1n) is 7.90. The number of furan rings is 1. The van der Waals surface area contributed by atoms with Gasteiger partial charge in [0.1, 0.15) is 5.82 Å². The lowest BCUT2D eigenvalue weighted by atomic mass is 10.0. The molecule has 0 spiro atoms. The number of fused-ring (bicyclic) bond motifs is 1. The normalized spacial score (nSPS) is 10.9. The van der Waals surface area contributed by atoms with E-state index in [1.54, 1.807) is 6.26 Å². The third-order valence-corrected chi connectivity index (χ3v) is 4.04. The van der Waals surface area contributed by atoms with E-state index in [2.05, 4.69) is 33.5 Å². The zero-order valence-electron chi connectivity index (χ0n) is 13.4. The number of aromatic nitrogens is 2. The molecule has 0 aliphatic carbocycles. The van der Waals surface area contributed by atoms with Crippen molar-refractivity contribution in [2.24, 2.45) is 0 Å². The third kappa shape index (κ3) is 2.85. The number of benzene rings is 2. The summed E-state index contributed by atoms with van der Waals surface area (Å²) < 4.78 is 5.46. The van der Waals surface area contributed by atoms with Crippen LogP contribution in [0.1, 0.15) is 5.56 Å². The molecular weight excluding hydrogens is 314 g/mol. The Morgan fingerprint density at radius 3 is 2.52 bits per heavy atom. The van der Waals surface area contributed by atoms with Crippen LogP contribution in [0.15, 0.2) is 65.3 Å². The van der Waals surface area contributed by atoms with Gasteiger partial charge in [-0.15, -0.1) is 0 Å². The minimum absolute atomic E-state index is 0.105. The average Bonchev–Trinajstić information content (AvgIpc) is 3.04. The molecule has 0 saturated carbocycles. The highest BCUT2D eigenvalue weighted by molar-refractivity contribution is 5.89. The molecule has 6 nitrogen and oxygen atoms in total. The van der Waals surface area contributed by atoms with Crippen molar-refractivity contribution in [2.45, 2.75) is 6.54 Å². The standard InChI is InChI=1S/C19H17N5O/c20-17-16-13(11-25-18(16)24-19(21)23-17)10-22-15-9-5-4-8-14(15)12-6-2-1-3-7-12/h1-9,11,22H,10H2,(H4,20,21,23,24). The van der Waals surface area contributed by atoms with E-state index in [9.17, 15) is 0 Å². The topological polar surface area (TPSA) is 103 Å². The van der Waals surface area contributed by atoms with Crippen LogP contribution in [-0.4, -0.2) is 9.97 Å². The van der Waals surface area contributed by atoms with Gasteiger partial charge in [0.15, 0.2) is 0 Å². The number of nitrogen functional groups attached to an aromatic ring is 2. The highest BCUT2D eigenvalue weighted by Gasteiger charge is 2.13. The number of hydrogen-bond donors (Lipinski definition) is 3. The van der Waals surface area contributed by atoms with Gasteiger partial charge in [-0.1, -0.05) is 48.5 Å². The molecule has 2 aromatic heterocycles. The number of para-hydroxylation sites is 1. The Morgan fingerprint density at radius 2 is 1.68 bits per heavy atom. The molecule has 0 atom stereocenters. The van der Waals surface area contributed by atoms with Gasteiger partial charge in [-0.25, -0.2) is 0 Å². The van der Waals surface area contributed by atoms with Gasteiger partial charge in [0.05, 0.1) is 11.6 Å². The van der Waals surface area contributed by atoms with Crippen molar-refractivity contribution in [3.05, 3.63) is 66.4 Å². The monoisotopic (exact) mass is 331 g/mol. The Hall–Kier alpha value is -3.54. The van der Waals surface area contributed by atoms with Gasteiger partial charge >= 0.3 is 0 Å². The predicted octanol–water partition coefficient (Wildman–Crippen LogP) is 3.67. The summed E-state index contributed by atoms with van der Waals surface area (Å²) in [6, 6.07) is 18.4. The maximum absolute atomic E-state index is 5.97. The number of rotatable bonds is 4. The second-order valence-corrected chi connectivity index (χ2v) is 5.67. The van der Waals surface area contributed by atoms with Crippen LogP contribution < -0.4 is 16.8 Å². The molecule has 25 heavy (non-hydrogen) atoms. The molecular formula is C19H17N5O. The summed E-state index contributed by atoms with van der Waals surface area (Å²) >= 11 is 0. The van der Waals surface area contributed by atoms with Gasteiger partial charge in [0.25, 0.3) is 0 Å². The number of nitrogens with zero attached hydrogens (tertiary/aromatic N) is 2. The molecule has 0 amide bonds. The van der Waals surface area contributed by atoms with Crippen LogP contribution in [0.5, 0.6) is 0 Å². The van der Waals surface area contributed by atoms with Gasteiger partial charge in [-0.3, -0.25) is 0 Å². The Kier molecular flexibility index (Phi) is 3.70. The molecule has 5 N–H and O–H groups in total. The van der Waals surface area contributed by atoms with Crippen molar-refractivity contribution in [3.63, 3.8) is 0 Å². The van der Waals surface area contributed by atoms with Gasteiger partial charge in [0, 0.05) is 23.4 Å². The Balaban J connectivity index is 1.65. The molecule has 0 bridgehead atoms. The van der Waals surface area contributed by atoms with E-state index in [4.69, 9.17) is 15.9 Å². The van der Waals surface area contributed by atoms with Crippen LogP contribution in [0.3, 0.4) is 0 Å². The van der Waals surface area contributed by atoms with Crippen molar-refractivity contribution in [1.29, 1.82) is 0 Å². The fourth-order valence-electron chi connectivity index (χ4n) is 2.87. The molecule has 2 heterocycles. The van der Waals surface area contributed by atoms with Crippen molar-refractivity contribution in [3.8, 4) is 11.1 Å². The first kappa shape index (κ1) is 15.0. The van der Waals surface area contributed by atoms with Crippen molar-refractivity contribution < 1.29 is 4.42 Å². The number of nitrogens with one attached hydrogen (secondary N) is 1. The Morgan fingerprint density at radius 1 is 0.920 bits per heavy atom. The lowest BCUT2D eigenvalue weighted by Gasteiger charge is -2.12. The number of hydrogen-bond acceptors (Lipinski definition) is 6. The van der Waals surface area contributed by atoms with Crippen LogP contribution in [0.25, 0.3) is 22.2 Å². The molecule has 124 valence electrons. The summed E-state index contributed by atoms with van der Waals surface area (Å²) in [5, 5.41) is 4.14. The Labute approximate surface area is 144 Å². The van der Waals surface area contributed by atoms with E-state index in [1.165, 1.54) is 0 Å². The van der Waals surface area contributed by atoms with Crippen LogP contribution in [0, 0.1) is 0 Å². The summed E-state index contributed by atoms with van der Waals surface area (Å²) in [4.78, 5) is 8.08. The molecule has 0 radical (unpaired) electrons. The van der Waals surface area contributed by atoms with Crippen molar-refractivity contribution in [2.75, 3.05) is 16.8 Å². The lowest BCUT2D eigenvalue weighted by Crippen LogP contribution is -2.03. The second kappa shape index (κ2) is 6.16. The third-order valence-electron chi connectivity index (χ3n) is 4.04. The highest BCUT2D eigenvalue weighted by Crippen LogP contribution is 2.30. The summed E-state index contributed by atoms with van der Waals surface area (Å²) in [6.45, 7) is 0.536. The summed E-state index contributed by atoms with van der Waals surface area (Å²) in [5.41, 5.74) is 16.2. The fourth-order valence-corrected chi connectivity index (χ4v) is 2.87. The van der Waals surface area contributed by atoms with Gasteiger partial charge < -0.3 is 21.2 Å². The van der Waals surface area contributed by atoms with E-state index in [0.717, 1.165) is 22.4 Å².